The largest absolute Gasteiger partial charge is 0.461 e. The van der Waals surface area contributed by atoms with Crippen molar-refractivity contribution in [2.24, 2.45) is 35.0 Å². The Bertz CT molecular complexity index is 669. The van der Waals surface area contributed by atoms with Crippen molar-refractivity contribution in [2.45, 2.75) is 64.9 Å². The molecular formula is C22H28O3. The molecule has 0 radical (unpaired) electrons. The Balaban J connectivity index is 1.65. The zero-order valence-electron chi connectivity index (χ0n) is 15.3. The molecular weight excluding hydrogens is 312 g/mol. The third-order valence-electron chi connectivity index (χ3n) is 7.82. The lowest BCUT2D eigenvalue weighted by Crippen LogP contribution is -2.50. The third-order valence-corrected chi connectivity index (χ3v) is 7.82. The van der Waals surface area contributed by atoms with Gasteiger partial charge in [-0.25, -0.2) is 0 Å². The minimum absolute atomic E-state index is 0.116. The van der Waals surface area contributed by atoms with E-state index >= 15 is 0 Å². The lowest BCUT2D eigenvalue weighted by atomic mass is 9.51. The highest BCUT2D eigenvalue weighted by atomic mass is 16.5. The number of hydrogen-bond acceptors (Lipinski definition) is 3. The molecule has 0 aromatic carbocycles. The smallest absolute Gasteiger partial charge is 0.302 e. The summed E-state index contributed by atoms with van der Waals surface area (Å²) in [5, 5.41) is 0. The number of ether oxygens (including phenoxy) is 1. The first-order chi connectivity index (χ1) is 11.9. The monoisotopic (exact) mass is 340 g/mol. The number of hydrogen-bond donors (Lipinski definition) is 0. The molecule has 4 aliphatic carbocycles. The number of terminal acetylenes is 1. The van der Waals surface area contributed by atoms with E-state index in [1.165, 1.54) is 18.9 Å². The van der Waals surface area contributed by atoms with Gasteiger partial charge in [-0.05, 0) is 67.8 Å². The average molecular weight is 340 g/mol. The third kappa shape index (κ3) is 2.57. The fraction of sp³-hybridized carbons (Fsp3) is 0.727. The molecule has 4 aliphatic rings. The molecule has 7 atom stereocenters. The van der Waals surface area contributed by atoms with Crippen molar-refractivity contribution in [3.05, 3.63) is 11.6 Å². The number of rotatable bonds is 1. The molecule has 0 heterocycles. The van der Waals surface area contributed by atoms with Crippen molar-refractivity contribution in [3.63, 3.8) is 0 Å². The van der Waals surface area contributed by atoms with E-state index in [1.54, 1.807) is 0 Å². The van der Waals surface area contributed by atoms with Crippen LogP contribution in [0.4, 0.5) is 0 Å². The van der Waals surface area contributed by atoms with Gasteiger partial charge in [0.15, 0.2) is 5.78 Å². The van der Waals surface area contributed by atoms with Crippen LogP contribution in [0.2, 0.25) is 0 Å². The molecule has 4 rings (SSSR count). The van der Waals surface area contributed by atoms with Crippen LogP contribution in [0, 0.1) is 47.3 Å². The van der Waals surface area contributed by atoms with E-state index in [1.807, 2.05) is 6.08 Å². The highest BCUT2D eigenvalue weighted by Crippen LogP contribution is 2.63. The maximum Gasteiger partial charge on any atom is 0.302 e. The first-order valence-corrected chi connectivity index (χ1v) is 9.80. The van der Waals surface area contributed by atoms with Crippen molar-refractivity contribution < 1.29 is 14.3 Å². The highest BCUT2D eigenvalue weighted by Gasteiger charge is 2.57. The molecule has 0 spiro atoms. The van der Waals surface area contributed by atoms with Crippen molar-refractivity contribution in [1.29, 1.82) is 0 Å². The Morgan fingerprint density at radius 1 is 1.28 bits per heavy atom. The summed E-state index contributed by atoms with van der Waals surface area (Å²) in [7, 11) is 0. The van der Waals surface area contributed by atoms with Gasteiger partial charge in [0.1, 0.15) is 6.10 Å². The Morgan fingerprint density at radius 2 is 2.08 bits per heavy atom. The molecule has 0 saturated heterocycles. The van der Waals surface area contributed by atoms with E-state index in [9.17, 15) is 9.59 Å². The summed E-state index contributed by atoms with van der Waals surface area (Å²) in [6.07, 6.45) is 14.6. The second-order valence-corrected chi connectivity index (χ2v) is 8.88. The summed E-state index contributed by atoms with van der Waals surface area (Å²) in [4.78, 5) is 23.7. The standard InChI is InChI=1S/C22H28O3/c1-4-15-6-8-19-17-7-5-14-11-16(24)12-20(25-13(2)23)21(14)18(17)9-10-22(15,19)3/h1,11,15,17-21H,5-10,12H2,2-3H3/t15-,17-,18+,19+,20?,21+,22-/m1/s1. The van der Waals surface area contributed by atoms with E-state index in [-0.39, 0.29) is 29.2 Å². The van der Waals surface area contributed by atoms with Gasteiger partial charge in [-0.3, -0.25) is 9.59 Å². The first-order valence-electron chi connectivity index (χ1n) is 9.80. The summed E-state index contributed by atoms with van der Waals surface area (Å²) in [5.41, 5.74) is 1.51. The van der Waals surface area contributed by atoms with E-state index < -0.39 is 0 Å². The van der Waals surface area contributed by atoms with Crippen LogP contribution in [0.15, 0.2) is 11.6 Å². The summed E-state index contributed by atoms with van der Waals surface area (Å²) in [6, 6.07) is 0. The molecule has 3 saturated carbocycles. The molecule has 3 fully saturated rings. The van der Waals surface area contributed by atoms with E-state index in [0.29, 0.717) is 30.1 Å². The van der Waals surface area contributed by atoms with Gasteiger partial charge in [0.05, 0.1) is 0 Å². The lowest BCUT2D eigenvalue weighted by molar-refractivity contribution is -0.154. The molecule has 0 aromatic heterocycles. The summed E-state index contributed by atoms with van der Waals surface area (Å²) >= 11 is 0. The maximum absolute atomic E-state index is 12.1. The molecule has 0 N–H and O–H groups in total. The fourth-order valence-corrected chi connectivity index (χ4v) is 6.83. The zero-order chi connectivity index (χ0) is 17.8. The number of carbonyl (C=O) groups excluding carboxylic acids is 2. The van der Waals surface area contributed by atoms with Crippen molar-refractivity contribution >= 4 is 11.8 Å². The van der Waals surface area contributed by atoms with Gasteiger partial charge in [-0.2, -0.15) is 0 Å². The molecule has 0 aliphatic heterocycles. The normalized spacial score (nSPS) is 45.5. The minimum atomic E-state index is -0.268. The van der Waals surface area contributed by atoms with Gasteiger partial charge in [0, 0.05) is 25.2 Å². The van der Waals surface area contributed by atoms with Crippen LogP contribution >= 0.6 is 0 Å². The molecule has 1 unspecified atom stereocenters. The number of carbonyl (C=O) groups is 2. The van der Waals surface area contributed by atoms with Crippen LogP contribution in [0.1, 0.15) is 58.8 Å². The van der Waals surface area contributed by atoms with E-state index in [0.717, 1.165) is 32.1 Å². The Kier molecular flexibility index (Phi) is 4.06. The quantitative estimate of drug-likeness (QED) is 0.537. The van der Waals surface area contributed by atoms with E-state index in [4.69, 9.17) is 11.2 Å². The van der Waals surface area contributed by atoms with Crippen molar-refractivity contribution in [2.75, 3.05) is 0 Å². The predicted octanol–water partition coefficient (Wildman–Crippen LogP) is 3.92. The molecule has 0 bridgehead atoms. The van der Waals surface area contributed by atoms with Crippen molar-refractivity contribution in [3.8, 4) is 12.3 Å². The van der Waals surface area contributed by atoms with Crippen LogP contribution in [-0.2, 0) is 14.3 Å². The van der Waals surface area contributed by atoms with Crippen LogP contribution < -0.4 is 0 Å². The van der Waals surface area contributed by atoms with Gasteiger partial charge >= 0.3 is 5.97 Å². The molecule has 25 heavy (non-hydrogen) atoms. The fourth-order valence-electron chi connectivity index (χ4n) is 6.83. The predicted molar refractivity (Wildman–Crippen MR) is 95.4 cm³/mol. The Morgan fingerprint density at radius 3 is 2.80 bits per heavy atom. The van der Waals surface area contributed by atoms with Gasteiger partial charge in [-0.1, -0.05) is 12.5 Å². The van der Waals surface area contributed by atoms with Gasteiger partial charge in [0.2, 0.25) is 0 Å². The zero-order valence-corrected chi connectivity index (χ0v) is 15.3. The topological polar surface area (TPSA) is 43.4 Å². The van der Waals surface area contributed by atoms with Gasteiger partial charge in [0.25, 0.3) is 0 Å². The Labute approximate surface area is 150 Å². The van der Waals surface area contributed by atoms with Crippen molar-refractivity contribution in [1.82, 2.24) is 0 Å². The van der Waals surface area contributed by atoms with Gasteiger partial charge < -0.3 is 4.74 Å². The molecule has 3 heteroatoms. The summed E-state index contributed by atoms with van der Waals surface area (Å²) < 4.78 is 5.63. The van der Waals surface area contributed by atoms with Crippen LogP contribution in [-0.4, -0.2) is 17.9 Å². The highest BCUT2D eigenvalue weighted by molar-refractivity contribution is 5.92. The number of ketones is 1. The number of esters is 1. The minimum Gasteiger partial charge on any atom is -0.461 e. The van der Waals surface area contributed by atoms with Gasteiger partial charge in [-0.15, -0.1) is 12.3 Å². The first kappa shape index (κ1) is 16.9. The van der Waals surface area contributed by atoms with E-state index in [2.05, 4.69) is 12.8 Å². The van der Waals surface area contributed by atoms with Crippen LogP contribution in [0.5, 0.6) is 0 Å². The SMILES string of the molecule is C#C[C@@H]1CC[C@H]2[C@@H]3CCC4=CC(=O)CC(OC(C)=O)[C@@H]4[C@H]3CC[C@]12C. The summed E-state index contributed by atoms with van der Waals surface area (Å²) in [5.74, 6) is 5.45. The van der Waals surface area contributed by atoms with Crippen LogP contribution in [0.25, 0.3) is 0 Å². The average Bonchev–Trinajstić information content (AvgIpc) is 2.90. The molecule has 134 valence electrons. The molecule has 0 amide bonds. The molecule has 3 nitrogen and oxygen atoms in total. The summed E-state index contributed by atoms with van der Waals surface area (Å²) in [6.45, 7) is 3.86. The number of fused-ring (bicyclic) bond motifs is 5. The van der Waals surface area contributed by atoms with Crippen LogP contribution in [0.3, 0.4) is 0 Å². The second kappa shape index (κ2) is 6.01. The maximum atomic E-state index is 12.1. The lowest BCUT2D eigenvalue weighted by Gasteiger charge is -2.54. The Hall–Kier alpha value is -1.56. The molecule has 0 aromatic rings. The second-order valence-electron chi connectivity index (χ2n) is 8.88.